The van der Waals surface area contributed by atoms with Crippen LogP contribution in [0.5, 0.6) is 5.75 Å². The Balaban J connectivity index is 2.46. The summed E-state index contributed by atoms with van der Waals surface area (Å²) >= 11 is 0. The lowest BCUT2D eigenvalue weighted by Gasteiger charge is -2.10. The predicted molar refractivity (Wildman–Crippen MR) is 69.7 cm³/mol. The number of nitrogens with zero attached hydrogens (tertiary/aromatic N) is 1. The van der Waals surface area contributed by atoms with Crippen LogP contribution in [0, 0.1) is 0 Å². The fraction of sp³-hybridized carbons (Fsp3) is 0.500. The molecule has 3 nitrogen and oxygen atoms in total. The Kier molecular flexibility index (Phi) is 5.70. The molecule has 0 N–H and O–H groups in total. The zero-order valence-electron chi connectivity index (χ0n) is 10.9. The van der Waals surface area contributed by atoms with Crippen LogP contribution in [0.1, 0.15) is 30.1 Å². The number of rotatable bonds is 7. The van der Waals surface area contributed by atoms with Gasteiger partial charge in [0.25, 0.3) is 0 Å². The lowest BCUT2D eigenvalue weighted by molar-refractivity contribution is 0.0987. The van der Waals surface area contributed by atoms with Crippen molar-refractivity contribution in [2.75, 3.05) is 27.2 Å². The molecule has 0 spiro atoms. The van der Waals surface area contributed by atoms with Crippen LogP contribution < -0.4 is 4.74 Å². The lowest BCUT2D eigenvalue weighted by atomic mass is 10.1. The molecule has 0 saturated heterocycles. The maximum absolute atomic E-state index is 11.5. The Morgan fingerprint density at radius 2 is 2.12 bits per heavy atom. The minimum Gasteiger partial charge on any atom is -0.494 e. The van der Waals surface area contributed by atoms with Crippen LogP contribution in [-0.2, 0) is 0 Å². The molecule has 0 bridgehead atoms. The predicted octanol–water partition coefficient (Wildman–Crippen LogP) is 2.61. The first-order valence-corrected chi connectivity index (χ1v) is 6.04. The first kappa shape index (κ1) is 13.7. The third-order valence-corrected chi connectivity index (χ3v) is 2.50. The van der Waals surface area contributed by atoms with Gasteiger partial charge >= 0.3 is 0 Å². The zero-order valence-corrected chi connectivity index (χ0v) is 10.9. The lowest BCUT2D eigenvalue weighted by Crippen LogP contribution is -2.15. The van der Waals surface area contributed by atoms with E-state index in [1.54, 1.807) is 0 Å². The number of ketones is 1. The van der Waals surface area contributed by atoms with Crippen LogP contribution in [0.15, 0.2) is 24.3 Å². The molecule has 17 heavy (non-hydrogen) atoms. The van der Waals surface area contributed by atoms with Crippen molar-refractivity contribution < 1.29 is 9.53 Å². The molecule has 0 atom stereocenters. The number of hydrogen-bond donors (Lipinski definition) is 0. The molecule has 0 aliphatic heterocycles. The molecule has 0 radical (unpaired) electrons. The highest BCUT2D eigenvalue weighted by molar-refractivity contribution is 5.96. The highest BCUT2D eigenvalue weighted by atomic mass is 16.5. The number of Topliss-reactive ketones (excluding diaryl/α,β-unsaturated/α-hetero) is 1. The van der Waals surface area contributed by atoms with Gasteiger partial charge in [-0.2, -0.15) is 0 Å². The normalized spacial score (nSPS) is 10.6. The molecule has 1 aromatic carbocycles. The number of benzene rings is 1. The van der Waals surface area contributed by atoms with Gasteiger partial charge in [-0.25, -0.2) is 0 Å². The highest BCUT2D eigenvalue weighted by Gasteiger charge is 2.04. The van der Waals surface area contributed by atoms with E-state index in [0.717, 1.165) is 24.3 Å². The fourth-order valence-electron chi connectivity index (χ4n) is 1.53. The van der Waals surface area contributed by atoms with E-state index >= 15 is 0 Å². The van der Waals surface area contributed by atoms with Gasteiger partial charge in [0.15, 0.2) is 5.78 Å². The van der Waals surface area contributed by atoms with Crippen LogP contribution in [0.2, 0.25) is 0 Å². The molecule has 0 fully saturated rings. The fourth-order valence-corrected chi connectivity index (χ4v) is 1.53. The van der Waals surface area contributed by atoms with Gasteiger partial charge in [-0.15, -0.1) is 0 Å². The standard InChI is InChI=1S/C14H21NO2/c1-4-14(16)12-7-5-8-13(11-12)17-10-6-9-15(2)3/h5,7-8,11H,4,6,9-10H2,1-3H3. The summed E-state index contributed by atoms with van der Waals surface area (Å²) < 4.78 is 5.61. The average molecular weight is 235 g/mol. The van der Waals surface area contributed by atoms with Gasteiger partial charge in [0.2, 0.25) is 0 Å². The molecule has 0 saturated carbocycles. The van der Waals surface area contributed by atoms with Crippen molar-refractivity contribution in [3.8, 4) is 5.75 Å². The Hall–Kier alpha value is -1.35. The minimum atomic E-state index is 0.156. The van der Waals surface area contributed by atoms with E-state index in [9.17, 15) is 4.79 Å². The Bertz CT molecular complexity index is 361. The van der Waals surface area contributed by atoms with Gasteiger partial charge in [0, 0.05) is 18.5 Å². The van der Waals surface area contributed by atoms with Crippen molar-refractivity contribution >= 4 is 5.78 Å². The number of ether oxygens (including phenoxy) is 1. The van der Waals surface area contributed by atoms with Gasteiger partial charge in [-0.05, 0) is 32.6 Å². The molecular weight excluding hydrogens is 214 g/mol. The van der Waals surface area contributed by atoms with E-state index in [1.165, 1.54) is 0 Å². The maximum Gasteiger partial charge on any atom is 0.162 e. The van der Waals surface area contributed by atoms with E-state index in [0.29, 0.717) is 13.0 Å². The Morgan fingerprint density at radius 3 is 2.76 bits per heavy atom. The Labute approximate surface area is 103 Å². The summed E-state index contributed by atoms with van der Waals surface area (Å²) in [6.07, 6.45) is 1.52. The van der Waals surface area contributed by atoms with E-state index in [4.69, 9.17) is 4.74 Å². The van der Waals surface area contributed by atoms with Gasteiger partial charge in [-0.1, -0.05) is 19.1 Å². The summed E-state index contributed by atoms with van der Waals surface area (Å²) in [6.45, 7) is 3.56. The summed E-state index contributed by atoms with van der Waals surface area (Å²) in [5.74, 6) is 0.937. The SMILES string of the molecule is CCC(=O)c1cccc(OCCCN(C)C)c1. The largest absolute Gasteiger partial charge is 0.494 e. The van der Waals surface area contributed by atoms with E-state index in [2.05, 4.69) is 4.90 Å². The van der Waals surface area contributed by atoms with Crippen molar-refractivity contribution in [1.29, 1.82) is 0 Å². The molecule has 0 amide bonds. The Morgan fingerprint density at radius 1 is 1.35 bits per heavy atom. The van der Waals surface area contributed by atoms with Crippen LogP contribution in [0.4, 0.5) is 0 Å². The van der Waals surface area contributed by atoms with Crippen molar-refractivity contribution in [1.82, 2.24) is 4.90 Å². The monoisotopic (exact) mass is 235 g/mol. The second-order valence-corrected chi connectivity index (χ2v) is 4.31. The second-order valence-electron chi connectivity index (χ2n) is 4.31. The third-order valence-electron chi connectivity index (χ3n) is 2.50. The minimum absolute atomic E-state index is 0.156. The number of carbonyl (C=O) groups excluding carboxylic acids is 1. The molecule has 0 aliphatic carbocycles. The quantitative estimate of drug-likeness (QED) is 0.537. The molecule has 0 aromatic heterocycles. The van der Waals surface area contributed by atoms with Gasteiger partial charge < -0.3 is 9.64 Å². The van der Waals surface area contributed by atoms with Crippen LogP contribution in [0.25, 0.3) is 0 Å². The number of hydrogen-bond acceptors (Lipinski definition) is 3. The second kappa shape index (κ2) is 7.07. The zero-order chi connectivity index (χ0) is 12.7. The van der Waals surface area contributed by atoms with Gasteiger partial charge in [0.05, 0.1) is 6.61 Å². The maximum atomic E-state index is 11.5. The van der Waals surface area contributed by atoms with Crippen LogP contribution in [0.3, 0.4) is 0 Å². The smallest absolute Gasteiger partial charge is 0.162 e. The highest BCUT2D eigenvalue weighted by Crippen LogP contribution is 2.14. The topological polar surface area (TPSA) is 29.5 Å². The summed E-state index contributed by atoms with van der Waals surface area (Å²) in [5, 5.41) is 0. The summed E-state index contributed by atoms with van der Waals surface area (Å²) in [6, 6.07) is 7.41. The summed E-state index contributed by atoms with van der Waals surface area (Å²) in [7, 11) is 4.08. The van der Waals surface area contributed by atoms with Crippen molar-refractivity contribution in [2.45, 2.75) is 19.8 Å². The van der Waals surface area contributed by atoms with E-state index < -0.39 is 0 Å². The van der Waals surface area contributed by atoms with Crippen LogP contribution >= 0.6 is 0 Å². The average Bonchev–Trinajstić information content (AvgIpc) is 2.34. The molecule has 0 aliphatic rings. The first-order chi connectivity index (χ1) is 8.13. The van der Waals surface area contributed by atoms with E-state index in [1.807, 2.05) is 45.3 Å². The van der Waals surface area contributed by atoms with Gasteiger partial charge in [0.1, 0.15) is 5.75 Å². The third kappa shape index (κ3) is 5.00. The van der Waals surface area contributed by atoms with Crippen molar-refractivity contribution in [3.05, 3.63) is 29.8 Å². The molecule has 1 aromatic rings. The van der Waals surface area contributed by atoms with Crippen molar-refractivity contribution in [2.24, 2.45) is 0 Å². The summed E-state index contributed by atoms with van der Waals surface area (Å²) in [5.41, 5.74) is 0.734. The van der Waals surface area contributed by atoms with E-state index in [-0.39, 0.29) is 5.78 Å². The molecule has 3 heteroatoms. The molecule has 1 rings (SSSR count). The number of carbonyl (C=O) groups is 1. The van der Waals surface area contributed by atoms with Gasteiger partial charge in [-0.3, -0.25) is 4.79 Å². The summed E-state index contributed by atoms with van der Waals surface area (Å²) in [4.78, 5) is 13.6. The molecule has 0 heterocycles. The molecule has 0 unspecified atom stereocenters. The molecular formula is C14H21NO2. The van der Waals surface area contributed by atoms with Crippen molar-refractivity contribution in [3.63, 3.8) is 0 Å². The first-order valence-electron chi connectivity index (χ1n) is 6.04. The van der Waals surface area contributed by atoms with Crippen LogP contribution in [-0.4, -0.2) is 37.9 Å². The molecule has 94 valence electrons.